The van der Waals surface area contributed by atoms with Crippen LogP contribution in [0.15, 0.2) is 24.3 Å². The maximum absolute atomic E-state index is 12.4. The van der Waals surface area contributed by atoms with Crippen LogP contribution in [0.2, 0.25) is 5.02 Å². The van der Waals surface area contributed by atoms with Gasteiger partial charge in [0.1, 0.15) is 0 Å². The van der Waals surface area contributed by atoms with Gasteiger partial charge in [-0.05, 0) is 62.9 Å². The smallest absolute Gasteiger partial charge is 0.303 e. The number of likely N-dealkylation sites (tertiary alicyclic amines) is 1. The standard InChI is InChI=1S/C17H23ClN2O3/c1-12(17(23)19-15-7-5-14(18)6-8-15)20-10-2-3-13(11-20)4-9-16(21)22/h5-8,12-13H,2-4,9-11H2,1H3,(H,19,23)(H,21,22). The van der Waals surface area contributed by atoms with Crippen LogP contribution in [0.1, 0.15) is 32.6 Å². The Morgan fingerprint density at radius 2 is 2.09 bits per heavy atom. The average molecular weight is 339 g/mol. The van der Waals surface area contributed by atoms with Gasteiger partial charge < -0.3 is 10.4 Å². The molecule has 1 aliphatic rings. The van der Waals surface area contributed by atoms with Crippen molar-refractivity contribution in [2.75, 3.05) is 18.4 Å². The maximum atomic E-state index is 12.4. The number of amides is 1. The Kier molecular flexibility index (Phi) is 6.42. The van der Waals surface area contributed by atoms with Crippen LogP contribution in [0.5, 0.6) is 0 Å². The first kappa shape index (κ1) is 17.8. The highest BCUT2D eigenvalue weighted by Gasteiger charge is 2.27. The van der Waals surface area contributed by atoms with Crippen molar-refractivity contribution in [3.05, 3.63) is 29.3 Å². The van der Waals surface area contributed by atoms with Crippen LogP contribution in [0.4, 0.5) is 5.69 Å². The first-order chi connectivity index (χ1) is 11.0. The van der Waals surface area contributed by atoms with Gasteiger partial charge in [-0.2, -0.15) is 0 Å². The molecule has 2 unspecified atom stereocenters. The van der Waals surface area contributed by atoms with Crippen molar-refractivity contribution < 1.29 is 14.7 Å². The van der Waals surface area contributed by atoms with Gasteiger partial charge in [-0.1, -0.05) is 11.6 Å². The van der Waals surface area contributed by atoms with E-state index in [1.807, 2.05) is 6.92 Å². The van der Waals surface area contributed by atoms with Crippen molar-refractivity contribution in [3.63, 3.8) is 0 Å². The second kappa shape index (κ2) is 8.31. The molecule has 5 nitrogen and oxygen atoms in total. The lowest BCUT2D eigenvalue weighted by Crippen LogP contribution is -2.47. The summed E-state index contributed by atoms with van der Waals surface area (Å²) < 4.78 is 0. The Labute approximate surface area is 141 Å². The second-order valence-electron chi connectivity index (χ2n) is 6.11. The van der Waals surface area contributed by atoms with Crippen molar-refractivity contribution in [3.8, 4) is 0 Å². The number of carboxylic acids is 1. The Balaban J connectivity index is 1.87. The first-order valence-corrected chi connectivity index (χ1v) is 8.36. The van der Waals surface area contributed by atoms with Crippen LogP contribution >= 0.6 is 11.6 Å². The van der Waals surface area contributed by atoms with Gasteiger partial charge in [-0.3, -0.25) is 14.5 Å². The minimum atomic E-state index is -0.754. The molecule has 0 aromatic heterocycles. The molecule has 1 heterocycles. The number of benzene rings is 1. The fourth-order valence-electron chi connectivity index (χ4n) is 2.96. The van der Waals surface area contributed by atoms with E-state index in [4.69, 9.17) is 16.7 Å². The predicted octanol–water partition coefficient (Wildman–Crippen LogP) is 3.24. The number of carbonyl (C=O) groups is 2. The van der Waals surface area contributed by atoms with Crippen molar-refractivity contribution in [2.24, 2.45) is 5.92 Å². The summed E-state index contributed by atoms with van der Waals surface area (Å²) in [5.41, 5.74) is 0.727. The fourth-order valence-corrected chi connectivity index (χ4v) is 3.08. The Morgan fingerprint density at radius 1 is 1.39 bits per heavy atom. The molecular weight excluding hydrogens is 316 g/mol. The zero-order chi connectivity index (χ0) is 16.8. The SMILES string of the molecule is CC(C(=O)Nc1ccc(Cl)cc1)N1CCCC(CCC(=O)O)C1. The van der Waals surface area contributed by atoms with Crippen LogP contribution < -0.4 is 5.32 Å². The van der Waals surface area contributed by atoms with Crippen molar-refractivity contribution in [1.82, 2.24) is 4.90 Å². The molecule has 0 bridgehead atoms. The van der Waals surface area contributed by atoms with Crippen LogP contribution in [0.3, 0.4) is 0 Å². The molecule has 23 heavy (non-hydrogen) atoms. The van der Waals surface area contributed by atoms with E-state index in [0.717, 1.165) is 31.6 Å². The van der Waals surface area contributed by atoms with E-state index in [0.29, 0.717) is 17.4 Å². The summed E-state index contributed by atoms with van der Waals surface area (Å²) in [6.45, 7) is 3.55. The summed E-state index contributed by atoms with van der Waals surface area (Å²) >= 11 is 5.84. The monoisotopic (exact) mass is 338 g/mol. The lowest BCUT2D eigenvalue weighted by Gasteiger charge is -2.36. The van der Waals surface area contributed by atoms with Gasteiger partial charge in [0.15, 0.2) is 0 Å². The number of carbonyl (C=O) groups excluding carboxylic acids is 1. The summed E-state index contributed by atoms with van der Waals surface area (Å²) in [7, 11) is 0. The molecular formula is C17H23ClN2O3. The van der Waals surface area contributed by atoms with Gasteiger partial charge in [-0.25, -0.2) is 0 Å². The van der Waals surface area contributed by atoms with E-state index in [9.17, 15) is 9.59 Å². The zero-order valence-corrected chi connectivity index (χ0v) is 14.1. The minimum Gasteiger partial charge on any atom is -0.481 e. The summed E-state index contributed by atoms with van der Waals surface area (Å²) in [6.07, 6.45) is 2.92. The molecule has 126 valence electrons. The zero-order valence-electron chi connectivity index (χ0n) is 13.3. The molecule has 2 atom stereocenters. The number of halogens is 1. The molecule has 2 N–H and O–H groups in total. The molecule has 0 spiro atoms. The summed E-state index contributed by atoms with van der Waals surface area (Å²) in [4.78, 5) is 25.2. The van der Waals surface area contributed by atoms with E-state index in [-0.39, 0.29) is 18.4 Å². The van der Waals surface area contributed by atoms with Gasteiger partial charge in [0.2, 0.25) is 5.91 Å². The quantitative estimate of drug-likeness (QED) is 0.835. The van der Waals surface area contributed by atoms with Gasteiger partial charge >= 0.3 is 5.97 Å². The van der Waals surface area contributed by atoms with Crippen molar-refractivity contribution in [2.45, 2.75) is 38.6 Å². The predicted molar refractivity (Wildman–Crippen MR) is 90.7 cm³/mol. The third kappa shape index (κ3) is 5.52. The Bertz CT molecular complexity index is 547. The average Bonchev–Trinajstić information content (AvgIpc) is 2.54. The van der Waals surface area contributed by atoms with Crippen molar-refractivity contribution >= 4 is 29.2 Å². The van der Waals surface area contributed by atoms with E-state index >= 15 is 0 Å². The molecule has 1 amide bonds. The molecule has 0 aliphatic carbocycles. The topological polar surface area (TPSA) is 69.6 Å². The molecule has 1 saturated heterocycles. The Morgan fingerprint density at radius 3 is 2.74 bits per heavy atom. The summed E-state index contributed by atoms with van der Waals surface area (Å²) in [5.74, 6) is -0.451. The highest BCUT2D eigenvalue weighted by Crippen LogP contribution is 2.23. The third-order valence-electron chi connectivity index (χ3n) is 4.36. The molecule has 0 radical (unpaired) electrons. The normalized spacial score (nSPS) is 20.0. The number of piperidine rings is 1. The van der Waals surface area contributed by atoms with Gasteiger partial charge in [0.25, 0.3) is 0 Å². The van der Waals surface area contributed by atoms with Gasteiger partial charge in [0, 0.05) is 23.7 Å². The number of nitrogens with one attached hydrogen (secondary N) is 1. The maximum Gasteiger partial charge on any atom is 0.303 e. The van der Waals surface area contributed by atoms with E-state index in [1.165, 1.54) is 0 Å². The first-order valence-electron chi connectivity index (χ1n) is 7.98. The van der Waals surface area contributed by atoms with E-state index in [1.54, 1.807) is 24.3 Å². The van der Waals surface area contributed by atoms with Crippen LogP contribution in [0.25, 0.3) is 0 Å². The van der Waals surface area contributed by atoms with Crippen LogP contribution in [-0.2, 0) is 9.59 Å². The third-order valence-corrected chi connectivity index (χ3v) is 4.61. The van der Waals surface area contributed by atoms with Crippen LogP contribution in [-0.4, -0.2) is 41.0 Å². The number of hydrogen-bond donors (Lipinski definition) is 2. The Hall–Kier alpha value is -1.59. The van der Waals surface area contributed by atoms with Gasteiger partial charge in [0.05, 0.1) is 6.04 Å². The van der Waals surface area contributed by atoms with E-state index in [2.05, 4.69) is 10.2 Å². The van der Waals surface area contributed by atoms with E-state index < -0.39 is 5.97 Å². The molecule has 2 rings (SSSR count). The highest BCUT2D eigenvalue weighted by atomic mass is 35.5. The van der Waals surface area contributed by atoms with Gasteiger partial charge in [-0.15, -0.1) is 0 Å². The number of rotatable bonds is 6. The summed E-state index contributed by atoms with van der Waals surface area (Å²) in [5, 5.41) is 12.3. The lowest BCUT2D eigenvalue weighted by molar-refractivity contribution is -0.137. The minimum absolute atomic E-state index is 0.0498. The highest BCUT2D eigenvalue weighted by molar-refractivity contribution is 6.30. The fraction of sp³-hybridized carbons (Fsp3) is 0.529. The molecule has 1 aliphatic heterocycles. The largest absolute Gasteiger partial charge is 0.481 e. The van der Waals surface area contributed by atoms with Crippen LogP contribution in [0, 0.1) is 5.92 Å². The molecule has 1 fully saturated rings. The second-order valence-corrected chi connectivity index (χ2v) is 6.54. The van der Waals surface area contributed by atoms with Crippen molar-refractivity contribution in [1.29, 1.82) is 0 Å². The number of carboxylic acid groups (broad SMARTS) is 1. The lowest BCUT2D eigenvalue weighted by atomic mass is 9.92. The summed E-state index contributed by atoms with van der Waals surface area (Å²) in [6, 6.07) is 6.80. The molecule has 6 heteroatoms. The molecule has 1 aromatic rings. The number of anilines is 1. The number of hydrogen-bond acceptors (Lipinski definition) is 3. The molecule has 1 aromatic carbocycles. The molecule has 0 saturated carbocycles. The number of nitrogens with zero attached hydrogens (tertiary/aromatic N) is 1. The number of aliphatic carboxylic acids is 1.